The topological polar surface area (TPSA) is 0 Å². The lowest BCUT2D eigenvalue weighted by Crippen LogP contribution is -2.35. The second kappa shape index (κ2) is 13.0. The first-order chi connectivity index (χ1) is 17.0. The summed E-state index contributed by atoms with van der Waals surface area (Å²) >= 11 is 0. The highest BCUT2D eigenvalue weighted by Gasteiger charge is 2.48. The molecule has 4 fully saturated rings. The first-order valence-corrected chi connectivity index (χ1v) is 22.1. The van der Waals surface area contributed by atoms with Gasteiger partial charge in [0.15, 0.2) is 0 Å². The summed E-state index contributed by atoms with van der Waals surface area (Å²) in [4.78, 5) is 0. The van der Waals surface area contributed by atoms with Gasteiger partial charge in [-0.1, -0.05) is 99.1 Å². The second-order valence-corrected chi connectivity index (χ2v) is 26.7. The van der Waals surface area contributed by atoms with Gasteiger partial charge < -0.3 is 0 Å². The molecule has 5 unspecified atom stereocenters. The van der Waals surface area contributed by atoms with E-state index in [4.69, 9.17) is 6.58 Å². The first-order valence-electron chi connectivity index (χ1n) is 15.8. The van der Waals surface area contributed by atoms with Crippen LogP contribution in [0.2, 0.25) is 0 Å². The Hall–Kier alpha value is 1.46. The summed E-state index contributed by atoms with van der Waals surface area (Å²) in [5.74, 6) is 2.01. The molecule has 4 aliphatic rings. The summed E-state index contributed by atoms with van der Waals surface area (Å²) in [7, 11) is 0.581. The van der Waals surface area contributed by atoms with Crippen LogP contribution in [0.3, 0.4) is 0 Å². The molecule has 36 heavy (non-hydrogen) atoms. The van der Waals surface area contributed by atoms with E-state index in [1.54, 1.807) is 17.9 Å². The first kappa shape index (κ1) is 30.4. The third-order valence-electron chi connectivity index (χ3n) is 11.4. The van der Waals surface area contributed by atoms with Crippen molar-refractivity contribution >= 4 is 31.7 Å². The molecule has 0 spiro atoms. The zero-order valence-electron chi connectivity index (χ0n) is 25.4. The van der Waals surface area contributed by atoms with Gasteiger partial charge in [0, 0.05) is 0 Å². The van der Waals surface area contributed by atoms with Crippen molar-refractivity contribution in [2.45, 2.75) is 165 Å². The van der Waals surface area contributed by atoms with Crippen molar-refractivity contribution in [2.75, 3.05) is 12.3 Å². The average Bonchev–Trinajstić information content (AvgIpc) is 3.28. The smallest absolute Gasteiger partial charge is 0.00694 e. The summed E-state index contributed by atoms with van der Waals surface area (Å²) in [5, 5.41) is 1.72. The standard InChI is InChI=1S/C32H60P4/c1-21-14-15-22(2)33(21)19-28(8)36-26(6)18-32(30(36)10)31-17-16-23(3)34(29(31)9)20-27(7)35-24(4)12-11-13-25(35)5/h21-26,28-32H,7,11-20H2,1-6,8-10H3/t21-,22-,23-,24-,25-,26-,28?,29-,30-,31?,32?,34?,36?/m0/s1. The molecule has 0 bridgehead atoms. The maximum atomic E-state index is 4.84. The third kappa shape index (κ3) is 6.35. The number of hydrogen-bond donors (Lipinski definition) is 0. The lowest BCUT2D eigenvalue weighted by Gasteiger charge is -2.46. The van der Waals surface area contributed by atoms with Crippen molar-refractivity contribution < 1.29 is 0 Å². The molecule has 4 heteroatoms. The van der Waals surface area contributed by atoms with Crippen LogP contribution in [-0.4, -0.2) is 63.3 Å². The molecule has 4 heterocycles. The summed E-state index contributed by atoms with van der Waals surface area (Å²) < 4.78 is 0. The highest BCUT2D eigenvalue weighted by molar-refractivity contribution is 7.66. The van der Waals surface area contributed by atoms with Crippen LogP contribution in [0.1, 0.15) is 114 Å². The molecule has 13 atom stereocenters. The normalized spacial score (nSPS) is 47.8. The lowest BCUT2D eigenvalue weighted by molar-refractivity contribution is 0.285. The summed E-state index contributed by atoms with van der Waals surface area (Å²) in [6.07, 6.45) is 15.0. The van der Waals surface area contributed by atoms with Gasteiger partial charge >= 0.3 is 0 Å². The Labute approximate surface area is 231 Å². The van der Waals surface area contributed by atoms with E-state index in [-0.39, 0.29) is 31.7 Å². The Kier molecular flexibility index (Phi) is 11.0. The molecule has 0 saturated carbocycles. The Morgan fingerprint density at radius 2 is 1.22 bits per heavy atom. The van der Waals surface area contributed by atoms with Crippen LogP contribution in [0.15, 0.2) is 11.9 Å². The van der Waals surface area contributed by atoms with Crippen LogP contribution in [0.4, 0.5) is 0 Å². The quantitative estimate of drug-likeness (QED) is 0.268. The van der Waals surface area contributed by atoms with E-state index >= 15 is 0 Å². The molecule has 0 nitrogen and oxygen atoms in total. The minimum absolute atomic E-state index is 0.0375. The zero-order chi connectivity index (χ0) is 26.3. The van der Waals surface area contributed by atoms with E-state index in [2.05, 4.69) is 62.3 Å². The average molecular weight is 569 g/mol. The molecule has 0 radical (unpaired) electrons. The van der Waals surface area contributed by atoms with E-state index in [1.165, 1.54) is 51.1 Å². The SMILES string of the molecule is C=C(CP1[C@@H](C)CCC(C2C[C@H](C)P(C(C)CP3[C@@H](C)CC[C@@H]3C)[C@H]2C)[C@@H]1C)P1[C@@H](C)CCC[C@@H]1C. The van der Waals surface area contributed by atoms with Gasteiger partial charge in [-0.3, -0.25) is 0 Å². The van der Waals surface area contributed by atoms with Gasteiger partial charge in [-0.25, -0.2) is 0 Å². The number of hydrogen-bond acceptors (Lipinski definition) is 0. The molecule has 0 amide bonds. The Bertz CT molecular complexity index is 718. The largest absolute Gasteiger partial charge is 0.100 e. The summed E-state index contributed by atoms with van der Waals surface area (Å²) in [6.45, 7) is 28.5. The van der Waals surface area contributed by atoms with Crippen molar-refractivity contribution in [3.05, 3.63) is 11.9 Å². The third-order valence-corrected chi connectivity index (χ3v) is 26.3. The minimum atomic E-state index is 0.0375. The highest BCUT2D eigenvalue weighted by atomic mass is 31.1. The molecule has 0 aliphatic carbocycles. The summed E-state index contributed by atoms with van der Waals surface area (Å²) in [6, 6.07) is 0. The molecule has 0 N–H and O–H groups in total. The van der Waals surface area contributed by atoms with Gasteiger partial charge in [0.2, 0.25) is 0 Å². The van der Waals surface area contributed by atoms with Gasteiger partial charge in [-0.05, 0) is 125 Å². The van der Waals surface area contributed by atoms with E-state index in [0.717, 1.165) is 62.8 Å². The predicted molar refractivity (Wildman–Crippen MR) is 176 cm³/mol. The Balaban J connectivity index is 1.42. The van der Waals surface area contributed by atoms with Crippen LogP contribution in [-0.2, 0) is 0 Å². The number of allylic oxidation sites excluding steroid dienone is 1. The molecule has 0 aromatic heterocycles. The van der Waals surface area contributed by atoms with Crippen LogP contribution >= 0.6 is 31.7 Å². The van der Waals surface area contributed by atoms with Gasteiger partial charge in [0.1, 0.15) is 0 Å². The molecule has 208 valence electrons. The maximum absolute atomic E-state index is 4.84. The maximum Gasteiger partial charge on any atom is -0.00694 e. The molecule has 0 aromatic rings. The fourth-order valence-corrected chi connectivity index (χ4v) is 25.0. The molecule has 4 rings (SSSR count). The van der Waals surface area contributed by atoms with E-state index in [9.17, 15) is 0 Å². The van der Waals surface area contributed by atoms with Gasteiger partial charge in [0.05, 0.1) is 0 Å². The second-order valence-electron chi connectivity index (χ2n) is 13.9. The Morgan fingerprint density at radius 3 is 1.83 bits per heavy atom. The van der Waals surface area contributed by atoms with E-state index in [0.29, 0.717) is 0 Å². The van der Waals surface area contributed by atoms with E-state index < -0.39 is 0 Å². The Morgan fingerprint density at radius 1 is 0.667 bits per heavy atom. The van der Waals surface area contributed by atoms with Crippen molar-refractivity contribution in [1.82, 2.24) is 0 Å². The molecular formula is C32H60P4. The fourth-order valence-electron chi connectivity index (χ4n) is 9.41. The molecule has 4 aliphatic heterocycles. The fraction of sp³-hybridized carbons (Fsp3) is 0.938. The molecular weight excluding hydrogens is 508 g/mol. The van der Waals surface area contributed by atoms with E-state index in [1.807, 2.05) is 0 Å². The summed E-state index contributed by atoms with van der Waals surface area (Å²) in [5.41, 5.74) is 8.81. The predicted octanol–water partition coefficient (Wildman–Crippen LogP) is 11.3. The van der Waals surface area contributed by atoms with Gasteiger partial charge in [-0.15, -0.1) is 7.92 Å². The van der Waals surface area contributed by atoms with Crippen molar-refractivity contribution in [3.8, 4) is 0 Å². The molecule has 0 aromatic carbocycles. The zero-order valence-corrected chi connectivity index (χ0v) is 29.0. The van der Waals surface area contributed by atoms with Crippen molar-refractivity contribution in [1.29, 1.82) is 0 Å². The minimum Gasteiger partial charge on any atom is -0.100 e. The lowest BCUT2D eigenvalue weighted by atomic mass is 9.81. The monoisotopic (exact) mass is 568 g/mol. The van der Waals surface area contributed by atoms with Crippen LogP contribution in [0.5, 0.6) is 0 Å². The van der Waals surface area contributed by atoms with Crippen LogP contribution < -0.4 is 0 Å². The highest BCUT2D eigenvalue weighted by Crippen LogP contribution is 2.70. The van der Waals surface area contributed by atoms with Crippen LogP contribution in [0.25, 0.3) is 0 Å². The number of rotatable bonds is 7. The van der Waals surface area contributed by atoms with Crippen LogP contribution in [0, 0.1) is 11.8 Å². The van der Waals surface area contributed by atoms with Crippen molar-refractivity contribution in [2.24, 2.45) is 11.8 Å². The van der Waals surface area contributed by atoms with Gasteiger partial charge in [0.25, 0.3) is 0 Å². The molecule has 4 saturated heterocycles. The van der Waals surface area contributed by atoms with Gasteiger partial charge in [-0.2, -0.15) is 0 Å². The van der Waals surface area contributed by atoms with Crippen molar-refractivity contribution in [3.63, 3.8) is 0 Å².